The summed E-state index contributed by atoms with van der Waals surface area (Å²) in [4.78, 5) is 21.5. The van der Waals surface area contributed by atoms with E-state index in [1.54, 1.807) is 0 Å². The summed E-state index contributed by atoms with van der Waals surface area (Å²) in [5.41, 5.74) is 0.971. The zero-order chi connectivity index (χ0) is 11.1. The number of hydrogen-bond acceptors (Lipinski definition) is 6. The maximum absolute atomic E-state index is 11.0. The Bertz CT molecular complexity index is 339. The van der Waals surface area contributed by atoms with E-state index in [0.29, 0.717) is 5.75 Å². The molecule has 4 nitrogen and oxygen atoms in total. The second kappa shape index (κ2) is 6.36. The van der Waals surface area contributed by atoms with Crippen LogP contribution in [-0.4, -0.2) is 11.5 Å². The van der Waals surface area contributed by atoms with Crippen molar-refractivity contribution in [2.24, 2.45) is 0 Å². The molecule has 0 fully saturated rings. The first-order valence-corrected chi connectivity index (χ1v) is 5.31. The lowest BCUT2D eigenvalue weighted by Gasteiger charge is -2.00. The molecule has 0 aliphatic rings. The minimum Gasteiger partial charge on any atom is -0.363 e. The third-order valence-corrected chi connectivity index (χ3v) is 2.39. The number of rotatable bonds is 2. The first kappa shape index (κ1) is 11.9. The van der Waals surface area contributed by atoms with Crippen LogP contribution in [0.15, 0.2) is 30.3 Å². The van der Waals surface area contributed by atoms with Crippen LogP contribution in [0.5, 0.6) is 0 Å². The highest BCUT2D eigenvalue weighted by atomic mass is 32.2. The zero-order valence-corrected chi connectivity index (χ0v) is 9.29. The molecule has 1 aromatic carbocycles. The molecule has 1 rings (SSSR count). The van der Waals surface area contributed by atoms with E-state index in [4.69, 9.17) is 0 Å². The number of ether oxygens (including phenoxy) is 1. The van der Waals surface area contributed by atoms with Crippen LogP contribution in [0.1, 0.15) is 5.56 Å². The maximum atomic E-state index is 11.0. The fourth-order valence-electron chi connectivity index (χ4n) is 0.833. The van der Waals surface area contributed by atoms with Gasteiger partial charge in [0.05, 0.1) is 0 Å². The number of carbonyl (C=O) groups is 2. The van der Waals surface area contributed by atoms with Crippen molar-refractivity contribution in [3.05, 3.63) is 35.9 Å². The van der Waals surface area contributed by atoms with E-state index in [1.165, 1.54) is 0 Å². The summed E-state index contributed by atoms with van der Waals surface area (Å²) in [6.07, 6.45) is -1.12. The molecule has 0 saturated carbocycles. The molecule has 0 aromatic heterocycles. The second-order valence-electron chi connectivity index (χ2n) is 2.47. The largest absolute Gasteiger partial charge is 0.529 e. The van der Waals surface area contributed by atoms with E-state index in [2.05, 4.69) is 21.8 Å². The highest BCUT2D eigenvalue weighted by Crippen LogP contribution is 2.14. The molecule has 1 aromatic rings. The monoisotopic (exact) mass is 244 g/mol. The Kier molecular flexibility index (Phi) is 5.06. The highest BCUT2D eigenvalue weighted by Gasteiger charge is 2.11. The SMILES string of the molecule is O=C(OS)OC(=O)SCc1ccccc1. The molecular formula is C9H8O4S2. The third-order valence-electron chi connectivity index (χ3n) is 1.44. The van der Waals surface area contributed by atoms with Gasteiger partial charge in [0.2, 0.25) is 0 Å². The normalized spacial score (nSPS) is 9.40. The van der Waals surface area contributed by atoms with Crippen LogP contribution >= 0.6 is 24.7 Å². The van der Waals surface area contributed by atoms with Gasteiger partial charge in [-0.1, -0.05) is 30.3 Å². The van der Waals surface area contributed by atoms with Crippen LogP contribution in [0.2, 0.25) is 0 Å². The van der Waals surface area contributed by atoms with Gasteiger partial charge in [-0.05, 0) is 17.3 Å². The number of thiol groups is 1. The summed E-state index contributed by atoms with van der Waals surface area (Å²) in [6, 6.07) is 9.35. The van der Waals surface area contributed by atoms with Gasteiger partial charge >= 0.3 is 11.5 Å². The predicted molar refractivity (Wildman–Crippen MR) is 59.7 cm³/mol. The molecule has 0 aliphatic heterocycles. The van der Waals surface area contributed by atoms with Crippen molar-refractivity contribution in [2.45, 2.75) is 5.75 Å². The molecule has 0 N–H and O–H groups in total. The lowest BCUT2D eigenvalue weighted by atomic mass is 10.2. The van der Waals surface area contributed by atoms with E-state index in [-0.39, 0.29) is 0 Å². The van der Waals surface area contributed by atoms with Crippen molar-refractivity contribution < 1.29 is 18.5 Å². The Balaban J connectivity index is 2.32. The van der Waals surface area contributed by atoms with Crippen LogP contribution in [-0.2, 0) is 14.7 Å². The van der Waals surface area contributed by atoms with E-state index in [1.807, 2.05) is 30.3 Å². The molecule has 15 heavy (non-hydrogen) atoms. The molecule has 6 heteroatoms. The second-order valence-corrected chi connectivity index (χ2v) is 3.56. The van der Waals surface area contributed by atoms with E-state index < -0.39 is 11.5 Å². The maximum Gasteiger partial charge on any atom is 0.529 e. The van der Waals surface area contributed by atoms with Crippen molar-refractivity contribution in [1.82, 2.24) is 0 Å². The first-order chi connectivity index (χ1) is 7.22. The topological polar surface area (TPSA) is 52.6 Å². The molecular weight excluding hydrogens is 236 g/mol. The van der Waals surface area contributed by atoms with Gasteiger partial charge < -0.3 is 8.92 Å². The average molecular weight is 244 g/mol. The summed E-state index contributed by atoms with van der Waals surface area (Å²) in [7, 11) is 0. The standard InChI is InChI=1S/C9H8O4S2/c10-8(13-14)12-9(11)15-6-7-4-2-1-3-5-7/h1-5,14H,6H2. The van der Waals surface area contributed by atoms with Gasteiger partial charge in [0.15, 0.2) is 0 Å². The molecule has 0 aliphatic carbocycles. The summed E-state index contributed by atoms with van der Waals surface area (Å²) in [5.74, 6) is 0.444. The van der Waals surface area contributed by atoms with Gasteiger partial charge in [-0.3, -0.25) is 0 Å². The van der Waals surface area contributed by atoms with E-state index in [0.717, 1.165) is 17.3 Å². The van der Waals surface area contributed by atoms with Gasteiger partial charge in [0.1, 0.15) is 0 Å². The molecule has 0 radical (unpaired) electrons. The Labute approximate surface area is 96.6 Å². The minimum absolute atomic E-state index is 0.444. The van der Waals surface area contributed by atoms with Gasteiger partial charge in [-0.2, -0.15) is 0 Å². The third kappa shape index (κ3) is 4.75. The smallest absolute Gasteiger partial charge is 0.363 e. The van der Waals surface area contributed by atoms with Crippen molar-refractivity contribution in [3.63, 3.8) is 0 Å². The van der Waals surface area contributed by atoms with Gasteiger partial charge in [-0.25, -0.2) is 9.59 Å². The lowest BCUT2D eigenvalue weighted by molar-refractivity contribution is 0.135. The van der Waals surface area contributed by atoms with Crippen molar-refractivity contribution >= 4 is 36.1 Å². The molecule has 0 saturated heterocycles. The Morgan fingerprint density at radius 3 is 2.53 bits per heavy atom. The molecule has 0 bridgehead atoms. The predicted octanol–water partition coefficient (Wildman–Crippen LogP) is 3.04. The highest BCUT2D eigenvalue weighted by molar-refractivity contribution is 8.12. The Morgan fingerprint density at radius 1 is 1.27 bits per heavy atom. The Morgan fingerprint density at radius 2 is 1.93 bits per heavy atom. The number of carbonyl (C=O) groups excluding carboxylic acids is 2. The first-order valence-electron chi connectivity index (χ1n) is 3.96. The van der Waals surface area contributed by atoms with Crippen LogP contribution in [0, 0.1) is 0 Å². The van der Waals surface area contributed by atoms with Crippen LogP contribution in [0.3, 0.4) is 0 Å². The summed E-state index contributed by atoms with van der Waals surface area (Å²) < 4.78 is 8.08. The molecule has 80 valence electrons. The molecule has 0 spiro atoms. The fourth-order valence-corrected chi connectivity index (χ4v) is 1.47. The van der Waals surface area contributed by atoms with Crippen molar-refractivity contribution in [2.75, 3.05) is 0 Å². The number of hydrogen-bond donors (Lipinski definition) is 1. The molecule has 0 atom stereocenters. The molecule has 0 unspecified atom stereocenters. The van der Waals surface area contributed by atoms with Gasteiger partial charge in [0.25, 0.3) is 0 Å². The summed E-state index contributed by atoms with van der Waals surface area (Å²) >= 11 is 4.07. The van der Waals surface area contributed by atoms with E-state index >= 15 is 0 Å². The molecule has 0 heterocycles. The Hall–Kier alpha value is -1.14. The van der Waals surface area contributed by atoms with Crippen LogP contribution in [0.25, 0.3) is 0 Å². The van der Waals surface area contributed by atoms with Crippen LogP contribution < -0.4 is 0 Å². The average Bonchev–Trinajstić information content (AvgIpc) is 2.27. The zero-order valence-electron chi connectivity index (χ0n) is 7.58. The lowest BCUT2D eigenvalue weighted by Crippen LogP contribution is -2.05. The van der Waals surface area contributed by atoms with Gasteiger partial charge in [0, 0.05) is 18.7 Å². The van der Waals surface area contributed by atoms with E-state index in [9.17, 15) is 9.59 Å². The molecule has 0 amide bonds. The summed E-state index contributed by atoms with van der Waals surface area (Å²) in [5, 5.41) is -0.710. The number of benzene rings is 1. The summed E-state index contributed by atoms with van der Waals surface area (Å²) in [6.45, 7) is 0. The van der Waals surface area contributed by atoms with Crippen LogP contribution in [0.4, 0.5) is 9.59 Å². The number of thioether (sulfide) groups is 1. The van der Waals surface area contributed by atoms with Gasteiger partial charge in [-0.15, -0.1) is 0 Å². The minimum atomic E-state index is -1.12. The fraction of sp³-hybridized carbons (Fsp3) is 0.111. The quantitative estimate of drug-likeness (QED) is 0.375. The van der Waals surface area contributed by atoms with Crippen molar-refractivity contribution in [1.29, 1.82) is 0 Å². The van der Waals surface area contributed by atoms with Crippen molar-refractivity contribution in [3.8, 4) is 0 Å².